The van der Waals surface area contributed by atoms with Gasteiger partial charge in [-0.05, 0) is 18.3 Å². The lowest BCUT2D eigenvalue weighted by Gasteiger charge is -2.30. The van der Waals surface area contributed by atoms with Crippen LogP contribution in [0.2, 0.25) is 0 Å². The van der Waals surface area contributed by atoms with E-state index in [1.54, 1.807) is 4.90 Å². The largest absolute Gasteiger partial charge is 0.469 e. The minimum atomic E-state index is -0.284. The summed E-state index contributed by atoms with van der Waals surface area (Å²) >= 11 is 0. The summed E-state index contributed by atoms with van der Waals surface area (Å²) in [4.78, 5) is 24.8. The van der Waals surface area contributed by atoms with Crippen molar-refractivity contribution in [3.8, 4) is 0 Å². The summed E-state index contributed by atoms with van der Waals surface area (Å²) in [6.45, 7) is 7.57. The van der Waals surface area contributed by atoms with Crippen LogP contribution >= 0.6 is 0 Å². The zero-order valence-corrected chi connectivity index (χ0v) is 11.7. The van der Waals surface area contributed by atoms with Crippen LogP contribution in [0, 0.1) is 11.3 Å². The summed E-state index contributed by atoms with van der Waals surface area (Å²) in [6, 6.07) is 0. The van der Waals surface area contributed by atoms with Gasteiger partial charge in [0.1, 0.15) is 0 Å². The first kappa shape index (κ1) is 14.8. The molecule has 0 unspecified atom stereocenters. The van der Waals surface area contributed by atoms with Crippen molar-refractivity contribution >= 4 is 12.1 Å². The average molecular weight is 257 g/mol. The molecule has 1 fully saturated rings. The van der Waals surface area contributed by atoms with Crippen molar-refractivity contribution in [2.75, 3.05) is 26.8 Å². The van der Waals surface area contributed by atoms with E-state index in [9.17, 15) is 9.59 Å². The number of likely N-dealkylation sites (tertiary alicyclic amines) is 1. The first-order valence-electron chi connectivity index (χ1n) is 6.33. The van der Waals surface area contributed by atoms with Crippen molar-refractivity contribution in [2.24, 2.45) is 11.3 Å². The second-order valence-corrected chi connectivity index (χ2v) is 5.90. The summed E-state index contributed by atoms with van der Waals surface area (Å²) in [5.74, 6) is -0.264. The first-order chi connectivity index (χ1) is 8.33. The number of piperidine rings is 1. The number of nitrogens with zero attached hydrogens (tertiary/aromatic N) is 1. The minimum Gasteiger partial charge on any atom is -0.469 e. The lowest BCUT2D eigenvalue weighted by atomic mass is 9.97. The van der Waals surface area contributed by atoms with Gasteiger partial charge in [0.2, 0.25) is 0 Å². The number of rotatable bonds is 2. The normalized spacial score (nSPS) is 17.4. The Kier molecular flexibility index (Phi) is 4.99. The number of ether oxygens (including phenoxy) is 2. The molecule has 0 aromatic carbocycles. The lowest BCUT2D eigenvalue weighted by molar-refractivity contribution is -0.146. The molecular weight excluding hydrogens is 234 g/mol. The van der Waals surface area contributed by atoms with E-state index in [0.29, 0.717) is 32.5 Å². The van der Waals surface area contributed by atoms with E-state index in [1.165, 1.54) is 7.11 Å². The van der Waals surface area contributed by atoms with E-state index in [1.807, 2.05) is 20.8 Å². The average Bonchev–Trinajstić information content (AvgIpc) is 2.34. The molecule has 0 spiro atoms. The van der Waals surface area contributed by atoms with Crippen molar-refractivity contribution in [2.45, 2.75) is 33.6 Å². The van der Waals surface area contributed by atoms with Gasteiger partial charge in [0.05, 0.1) is 19.6 Å². The number of carbonyl (C=O) groups is 2. The molecule has 5 heteroatoms. The number of esters is 1. The molecule has 0 aliphatic carbocycles. The van der Waals surface area contributed by atoms with Crippen LogP contribution in [0.4, 0.5) is 4.79 Å². The van der Waals surface area contributed by atoms with Crippen LogP contribution < -0.4 is 0 Å². The highest BCUT2D eigenvalue weighted by molar-refractivity contribution is 5.73. The van der Waals surface area contributed by atoms with Crippen LogP contribution in [0.25, 0.3) is 0 Å². The summed E-state index contributed by atoms with van der Waals surface area (Å²) in [7, 11) is 1.40. The van der Waals surface area contributed by atoms with Crippen LogP contribution in [0.15, 0.2) is 0 Å². The third-order valence-corrected chi connectivity index (χ3v) is 2.92. The summed E-state index contributed by atoms with van der Waals surface area (Å²) < 4.78 is 9.94. The predicted molar refractivity (Wildman–Crippen MR) is 67.1 cm³/mol. The maximum absolute atomic E-state index is 11.8. The monoisotopic (exact) mass is 257 g/mol. The molecule has 0 atom stereocenters. The third-order valence-electron chi connectivity index (χ3n) is 2.92. The van der Waals surface area contributed by atoms with E-state index in [0.717, 1.165) is 0 Å². The Morgan fingerprint density at radius 1 is 1.22 bits per heavy atom. The molecule has 0 aromatic rings. The Labute approximate surface area is 108 Å². The van der Waals surface area contributed by atoms with Crippen LogP contribution in [-0.4, -0.2) is 43.8 Å². The van der Waals surface area contributed by atoms with Crippen LogP contribution in [0.3, 0.4) is 0 Å². The number of hydrogen-bond donors (Lipinski definition) is 0. The standard InChI is InChI=1S/C13H23NO4/c1-13(2,3)9-18-12(16)14-7-5-10(6-8-14)11(15)17-4/h10H,5-9H2,1-4H3. The van der Waals surface area contributed by atoms with Gasteiger partial charge in [0.25, 0.3) is 0 Å². The Hall–Kier alpha value is -1.26. The van der Waals surface area contributed by atoms with Gasteiger partial charge < -0.3 is 14.4 Å². The smallest absolute Gasteiger partial charge is 0.409 e. The quantitative estimate of drug-likeness (QED) is 0.710. The first-order valence-corrected chi connectivity index (χ1v) is 6.33. The van der Waals surface area contributed by atoms with Gasteiger partial charge in [-0.3, -0.25) is 4.79 Å². The molecule has 0 aromatic heterocycles. The van der Waals surface area contributed by atoms with E-state index in [2.05, 4.69) is 0 Å². The molecule has 1 saturated heterocycles. The fraction of sp³-hybridized carbons (Fsp3) is 0.846. The molecule has 18 heavy (non-hydrogen) atoms. The Balaban J connectivity index is 2.34. The number of amides is 1. The second kappa shape index (κ2) is 6.07. The van der Waals surface area contributed by atoms with Gasteiger partial charge in [0, 0.05) is 13.1 Å². The Bertz CT molecular complexity index is 301. The molecule has 1 aliphatic rings. The molecule has 1 aliphatic heterocycles. The van der Waals surface area contributed by atoms with Gasteiger partial charge in [0.15, 0.2) is 0 Å². The molecule has 1 rings (SSSR count). The Morgan fingerprint density at radius 3 is 2.22 bits per heavy atom. The molecular formula is C13H23NO4. The maximum atomic E-state index is 11.8. The third kappa shape index (κ3) is 4.55. The number of methoxy groups -OCH3 is 1. The van der Waals surface area contributed by atoms with E-state index in [-0.39, 0.29) is 23.4 Å². The predicted octanol–water partition coefficient (Wildman–Crippen LogP) is 2.05. The zero-order chi connectivity index (χ0) is 13.8. The van der Waals surface area contributed by atoms with Crippen molar-refractivity contribution in [1.82, 2.24) is 4.90 Å². The summed E-state index contributed by atoms with van der Waals surface area (Å²) in [5.41, 5.74) is -0.0278. The van der Waals surface area contributed by atoms with Gasteiger partial charge in [-0.25, -0.2) is 4.79 Å². The summed E-state index contributed by atoms with van der Waals surface area (Å²) in [5, 5.41) is 0. The lowest BCUT2D eigenvalue weighted by Crippen LogP contribution is -2.41. The van der Waals surface area contributed by atoms with Crippen LogP contribution in [0.1, 0.15) is 33.6 Å². The van der Waals surface area contributed by atoms with Crippen molar-refractivity contribution in [1.29, 1.82) is 0 Å². The molecule has 0 bridgehead atoms. The maximum Gasteiger partial charge on any atom is 0.409 e. The van der Waals surface area contributed by atoms with Crippen LogP contribution in [0.5, 0.6) is 0 Å². The van der Waals surface area contributed by atoms with Gasteiger partial charge in [-0.15, -0.1) is 0 Å². The van der Waals surface area contributed by atoms with E-state index in [4.69, 9.17) is 9.47 Å². The van der Waals surface area contributed by atoms with Gasteiger partial charge >= 0.3 is 12.1 Å². The van der Waals surface area contributed by atoms with Gasteiger partial charge in [-0.1, -0.05) is 20.8 Å². The number of hydrogen-bond acceptors (Lipinski definition) is 4. The SMILES string of the molecule is COC(=O)C1CCN(C(=O)OCC(C)(C)C)CC1. The van der Waals surface area contributed by atoms with E-state index >= 15 is 0 Å². The molecule has 1 amide bonds. The molecule has 0 N–H and O–H groups in total. The minimum absolute atomic E-state index is 0.0278. The molecule has 1 heterocycles. The van der Waals surface area contributed by atoms with Crippen molar-refractivity contribution in [3.63, 3.8) is 0 Å². The highest BCUT2D eigenvalue weighted by Crippen LogP contribution is 2.20. The highest BCUT2D eigenvalue weighted by Gasteiger charge is 2.29. The number of carbonyl (C=O) groups excluding carboxylic acids is 2. The topological polar surface area (TPSA) is 55.8 Å². The highest BCUT2D eigenvalue weighted by atomic mass is 16.6. The van der Waals surface area contributed by atoms with E-state index < -0.39 is 0 Å². The van der Waals surface area contributed by atoms with Crippen molar-refractivity contribution in [3.05, 3.63) is 0 Å². The van der Waals surface area contributed by atoms with Crippen molar-refractivity contribution < 1.29 is 19.1 Å². The molecule has 5 nitrogen and oxygen atoms in total. The van der Waals surface area contributed by atoms with Gasteiger partial charge in [-0.2, -0.15) is 0 Å². The Morgan fingerprint density at radius 2 is 1.78 bits per heavy atom. The fourth-order valence-corrected chi connectivity index (χ4v) is 1.83. The molecule has 0 radical (unpaired) electrons. The summed E-state index contributed by atoms with van der Waals surface area (Å²) in [6.07, 6.45) is 1.02. The van der Waals surface area contributed by atoms with Crippen LogP contribution in [-0.2, 0) is 14.3 Å². The molecule has 0 saturated carbocycles. The molecule has 104 valence electrons. The zero-order valence-electron chi connectivity index (χ0n) is 11.7. The fourth-order valence-electron chi connectivity index (χ4n) is 1.83. The second-order valence-electron chi connectivity index (χ2n) is 5.90.